The predicted molar refractivity (Wildman–Crippen MR) is 103 cm³/mol. The zero-order valence-electron chi connectivity index (χ0n) is 16.5. The Labute approximate surface area is 146 Å². The van der Waals surface area contributed by atoms with Crippen LogP contribution in [0.1, 0.15) is 105 Å². The molecule has 0 bridgehead atoms. The van der Waals surface area contributed by atoms with Crippen molar-refractivity contribution in [1.82, 2.24) is 4.90 Å². The van der Waals surface area contributed by atoms with E-state index in [1.54, 1.807) is 6.92 Å². The van der Waals surface area contributed by atoms with Gasteiger partial charge in [0.15, 0.2) is 0 Å². The summed E-state index contributed by atoms with van der Waals surface area (Å²) in [5, 5.41) is 0. The minimum Gasteiger partial charge on any atom is -0.304 e. The van der Waals surface area contributed by atoms with Crippen molar-refractivity contribution in [3.63, 3.8) is 0 Å². The van der Waals surface area contributed by atoms with Crippen LogP contribution in [0, 0.1) is 5.92 Å². The topological polar surface area (TPSA) is 20.3 Å². The highest BCUT2D eigenvalue weighted by atomic mass is 16.1. The third-order valence-corrected chi connectivity index (χ3v) is 4.88. The number of Topliss-reactive ketones (excluding diaryl/α,β-unsaturated/α-hetero) is 1. The van der Waals surface area contributed by atoms with Gasteiger partial charge in [0.2, 0.25) is 0 Å². The van der Waals surface area contributed by atoms with Crippen LogP contribution in [0.2, 0.25) is 0 Å². The number of rotatable bonds is 11. The van der Waals surface area contributed by atoms with Gasteiger partial charge in [0, 0.05) is 6.42 Å². The molecule has 0 spiro atoms. The van der Waals surface area contributed by atoms with Crippen LogP contribution >= 0.6 is 0 Å². The van der Waals surface area contributed by atoms with E-state index in [1.165, 1.54) is 83.8 Å². The smallest absolute Gasteiger partial charge is 0.129 e. The highest BCUT2D eigenvalue weighted by Crippen LogP contribution is 2.22. The fraction of sp³-hybridized carbons (Fsp3) is 0.952. The van der Waals surface area contributed by atoms with E-state index in [0.29, 0.717) is 5.78 Å². The van der Waals surface area contributed by atoms with Gasteiger partial charge in [-0.2, -0.15) is 0 Å². The maximum Gasteiger partial charge on any atom is 0.129 e. The lowest BCUT2D eigenvalue weighted by atomic mass is 9.91. The van der Waals surface area contributed by atoms with Crippen molar-refractivity contribution in [2.75, 3.05) is 19.6 Å². The number of nitrogens with zero attached hydrogens (tertiary/aromatic N) is 1. The molecule has 0 aromatic rings. The van der Waals surface area contributed by atoms with Crippen LogP contribution in [0.5, 0.6) is 0 Å². The van der Waals surface area contributed by atoms with Crippen LogP contribution in [0.3, 0.4) is 0 Å². The van der Waals surface area contributed by atoms with Crippen LogP contribution in [0.15, 0.2) is 0 Å². The summed E-state index contributed by atoms with van der Waals surface area (Å²) in [5.74, 6) is 1.37. The molecule has 1 aliphatic rings. The molecule has 0 unspecified atom stereocenters. The summed E-state index contributed by atoms with van der Waals surface area (Å²) < 4.78 is 0. The second-order valence-electron chi connectivity index (χ2n) is 7.40. The molecular formula is C21H43NO. The van der Waals surface area contributed by atoms with Crippen molar-refractivity contribution in [3.8, 4) is 0 Å². The first-order chi connectivity index (χ1) is 11.1. The molecule has 0 aromatic carbocycles. The number of hydrogen-bond donors (Lipinski definition) is 0. The number of carbonyl (C=O) groups is 1. The quantitative estimate of drug-likeness (QED) is 0.419. The summed E-state index contributed by atoms with van der Waals surface area (Å²) in [5.41, 5.74) is 0. The van der Waals surface area contributed by atoms with E-state index < -0.39 is 0 Å². The fourth-order valence-electron chi connectivity index (χ4n) is 3.29. The Morgan fingerprint density at radius 2 is 1.52 bits per heavy atom. The van der Waals surface area contributed by atoms with E-state index in [0.717, 1.165) is 18.8 Å². The van der Waals surface area contributed by atoms with E-state index in [4.69, 9.17) is 0 Å². The SMILES string of the molecule is CC1CCCCC1.CCCN(CC)CCCCCCCC(C)=O. The van der Waals surface area contributed by atoms with Crippen molar-refractivity contribution >= 4 is 5.78 Å². The standard InChI is InChI=1S/C14H29NO.C7H14/c1-4-12-15(5-2)13-10-8-6-7-9-11-14(3)16;1-7-5-3-2-4-6-7/h4-13H2,1-3H3;7H,2-6H2,1H3. The van der Waals surface area contributed by atoms with Gasteiger partial charge in [-0.3, -0.25) is 0 Å². The minimum absolute atomic E-state index is 0.333. The van der Waals surface area contributed by atoms with Crippen LogP contribution in [-0.2, 0) is 4.79 Å². The molecule has 0 saturated heterocycles. The highest BCUT2D eigenvalue weighted by molar-refractivity contribution is 5.75. The average molecular weight is 326 g/mol. The van der Waals surface area contributed by atoms with E-state index in [1.807, 2.05) is 0 Å². The van der Waals surface area contributed by atoms with Crippen LogP contribution in [0.4, 0.5) is 0 Å². The zero-order chi connectivity index (χ0) is 17.3. The molecular weight excluding hydrogens is 282 g/mol. The molecule has 0 radical (unpaired) electrons. The average Bonchev–Trinajstić information content (AvgIpc) is 2.54. The Kier molecular flexibility index (Phi) is 16.2. The first kappa shape index (κ1) is 22.6. The maximum absolute atomic E-state index is 10.7. The van der Waals surface area contributed by atoms with Gasteiger partial charge in [-0.15, -0.1) is 0 Å². The Morgan fingerprint density at radius 3 is 2.00 bits per heavy atom. The maximum atomic E-state index is 10.7. The van der Waals surface area contributed by atoms with Crippen molar-refractivity contribution < 1.29 is 4.79 Å². The number of ketones is 1. The third-order valence-electron chi connectivity index (χ3n) is 4.88. The van der Waals surface area contributed by atoms with Gasteiger partial charge >= 0.3 is 0 Å². The lowest BCUT2D eigenvalue weighted by Crippen LogP contribution is -2.25. The zero-order valence-corrected chi connectivity index (χ0v) is 16.5. The van der Waals surface area contributed by atoms with Gasteiger partial charge in [-0.25, -0.2) is 0 Å². The molecule has 0 amide bonds. The summed E-state index contributed by atoms with van der Waals surface area (Å²) >= 11 is 0. The molecule has 2 heteroatoms. The van der Waals surface area contributed by atoms with Gasteiger partial charge < -0.3 is 9.69 Å². The second kappa shape index (κ2) is 16.5. The predicted octanol–water partition coefficient (Wildman–Crippen LogP) is 6.23. The van der Waals surface area contributed by atoms with Crippen molar-refractivity contribution in [3.05, 3.63) is 0 Å². The van der Waals surface area contributed by atoms with Gasteiger partial charge in [0.25, 0.3) is 0 Å². The monoisotopic (exact) mass is 325 g/mol. The van der Waals surface area contributed by atoms with Gasteiger partial charge in [0.05, 0.1) is 0 Å². The summed E-state index contributed by atoms with van der Waals surface area (Å²) in [7, 11) is 0. The summed E-state index contributed by atoms with van der Waals surface area (Å²) in [4.78, 5) is 13.2. The van der Waals surface area contributed by atoms with Crippen molar-refractivity contribution in [2.24, 2.45) is 5.92 Å². The first-order valence-corrected chi connectivity index (χ1v) is 10.3. The summed E-state index contributed by atoms with van der Waals surface area (Å²) in [6.45, 7) is 12.2. The minimum atomic E-state index is 0.333. The van der Waals surface area contributed by atoms with Crippen LogP contribution in [0.25, 0.3) is 0 Å². The molecule has 1 rings (SSSR count). The molecule has 23 heavy (non-hydrogen) atoms. The van der Waals surface area contributed by atoms with E-state index in [-0.39, 0.29) is 0 Å². The second-order valence-corrected chi connectivity index (χ2v) is 7.40. The molecule has 0 atom stereocenters. The molecule has 0 heterocycles. The lowest BCUT2D eigenvalue weighted by Gasteiger charge is -2.19. The Bertz CT molecular complexity index is 259. The van der Waals surface area contributed by atoms with E-state index in [2.05, 4.69) is 25.7 Å². The van der Waals surface area contributed by atoms with Gasteiger partial charge in [-0.1, -0.05) is 72.1 Å². The van der Waals surface area contributed by atoms with Gasteiger partial charge in [-0.05, 0) is 51.7 Å². The van der Waals surface area contributed by atoms with Crippen molar-refractivity contribution in [2.45, 2.75) is 105 Å². The Morgan fingerprint density at radius 1 is 0.913 bits per heavy atom. The Balaban J connectivity index is 0.000000568. The Hall–Kier alpha value is -0.370. The fourth-order valence-corrected chi connectivity index (χ4v) is 3.29. The number of hydrogen-bond acceptors (Lipinski definition) is 2. The molecule has 1 fully saturated rings. The first-order valence-electron chi connectivity index (χ1n) is 10.3. The number of carbonyl (C=O) groups excluding carboxylic acids is 1. The van der Waals surface area contributed by atoms with Gasteiger partial charge in [0.1, 0.15) is 5.78 Å². The summed E-state index contributed by atoms with van der Waals surface area (Å²) in [6.07, 6.45) is 15.7. The molecule has 0 aliphatic heterocycles. The van der Waals surface area contributed by atoms with E-state index in [9.17, 15) is 4.79 Å². The molecule has 1 saturated carbocycles. The van der Waals surface area contributed by atoms with Crippen LogP contribution < -0.4 is 0 Å². The molecule has 1 aliphatic carbocycles. The summed E-state index contributed by atoms with van der Waals surface area (Å²) in [6, 6.07) is 0. The molecule has 2 nitrogen and oxygen atoms in total. The highest BCUT2D eigenvalue weighted by Gasteiger charge is 2.06. The van der Waals surface area contributed by atoms with Crippen LogP contribution in [-0.4, -0.2) is 30.3 Å². The van der Waals surface area contributed by atoms with Crippen molar-refractivity contribution in [1.29, 1.82) is 0 Å². The molecule has 0 N–H and O–H groups in total. The molecule has 0 aromatic heterocycles. The normalized spacial score (nSPS) is 15.3. The number of unbranched alkanes of at least 4 members (excludes halogenated alkanes) is 4. The molecule has 138 valence electrons. The largest absolute Gasteiger partial charge is 0.304 e. The lowest BCUT2D eigenvalue weighted by molar-refractivity contribution is -0.117. The van der Waals surface area contributed by atoms with E-state index >= 15 is 0 Å². The third kappa shape index (κ3) is 16.3.